The molecule has 1 aromatic carbocycles. The van der Waals surface area contributed by atoms with Crippen LogP contribution in [0, 0.1) is 0 Å². The van der Waals surface area contributed by atoms with Crippen LogP contribution < -0.4 is 9.47 Å². The lowest BCUT2D eigenvalue weighted by molar-refractivity contribution is -0.117. The number of ketones is 1. The van der Waals surface area contributed by atoms with Gasteiger partial charge in [0, 0.05) is 18.5 Å². The van der Waals surface area contributed by atoms with E-state index in [2.05, 4.69) is 24.7 Å². The van der Waals surface area contributed by atoms with Crippen LogP contribution in [-0.2, 0) is 16.6 Å². The molecule has 0 N–H and O–H groups in total. The van der Waals surface area contributed by atoms with Gasteiger partial charge < -0.3 is 14.5 Å². The van der Waals surface area contributed by atoms with E-state index in [4.69, 9.17) is 9.47 Å². The number of methoxy groups -OCH3 is 1. The number of nitrogens with zero attached hydrogens (tertiary/aromatic N) is 1. The molecule has 0 spiro atoms. The van der Waals surface area contributed by atoms with Gasteiger partial charge in [0.05, 0.1) is 12.5 Å². The molecule has 116 valence electrons. The van der Waals surface area contributed by atoms with Gasteiger partial charge in [-0.15, -0.1) is 0 Å². The first-order chi connectivity index (χ1) is 10.7. The number of carbonyl (C=O) groups excluding carboxylic acids is 1. The van der Waals surface area contributed by atoms with E-state index >= 15 is 0 Å². The van der Waals surface area contributed by atoms with Gasteiger partial charge in [-0.05, 0) is 37.3 Å². The second kappa shape index (κ2) is 5.59. The number of rotatable bonds is 5. The average Bonchev–Trinajstić information content (AvgIpc) is 2.86. The van der Waals surface area contributed by atoms with Gasteiger partial charge in [0.25, 0.3) is 0 Å². The molecule has 0 radical (unpaired) electrons. The predicted octanol–water partition coefficient (Wildman–Crippen LogP) is 2.88. The summed E-state index contributed by atoms with van der Waals surface area (Å²) in [5.74, 6) is 1.63. The first-order valence-corrected chi connectivity index (χ1v) is 7.67. The van der Waals surface area contributed by atoms with E-state index in [-0.39, 0.29) is 17.3 Å². The molecule has 1 aliphatic carbocycles. The second-order valence-electron chi connectivity index (χ2n) is 5.83. The molecule has 0 saturated carbocycles. The van der Waals surface area contributed by atoms with Crippen molar-refractivity contribution < 1.29 is 14.3 Å². The zero-order valence-corrected chi connectivity index (χ0v) is 13.1. The molecule has 0 bridgehead atoms. The first-order valence-electron chi connectivity index (χ1n) is 7.67. The van der Waals surface area contributed by atoms with Crippen LogP contribution >= 0.6 is 0 Å². The molecule has 2 unspecified atom stereocenters. The van der Waals surface area contributed by atoms with Crippen molar-refractivity contribution in [2.24, 2.45) is 4.99 Å². The Morgan fingerprint density at radius 2 is 2.32 bits per heavy atom. The fourth-order valence-electron chi connectivity index (χ4n) is 3.64. The van der Waals surface area contributed by atoms with Crippen LogP contribution in [-0.4, -0.2) is 32.3 Å². The summed E-state index contributed by atoms with van der Waals surface area (Å²) >= 11 is 0. The van der Waals surface area contributed by atoms with Crippen molar-refractivity contribution in [3.8, 4) is 11.5 Å². The summed E-state index contributed by atoms with van der Waals surface area (Å²) in [4.78, 5) is 15.9. The summed E-state index contributed by atoms with van der Waals surface area (Å²) in [6.45, 7) is 6.37. The van der Waals surface area contributed by atoms with Crippen molar-refractivity contribution in [1.82, 2.24) is 0 Å². The highest BCUT2D eigenvalue weighted by Gasteiger charge is 2.51. The van der Waals surface area contributed by atoms with Gasteiger partial charge in [0.15, 0.2) is 17.3 Å². The van der Waals surface area contributed by atoms with E-state index in [1.165, 1.54) is 5.56 Å². The summed E-state index contributed by atoms with van der Waals surface area (Å²) < 4.78 is 11.7. The van der Waals surface area contributed by atoms with Crippen LogP contribution in [0.2, 0.25) is 0 Å². The minimum Gasteiger partial charge on any atom is -0.493 e. The first kappa shape index (κ1) is 14.8. The lowest BCUT2D eigenvalue weighted by Crippen LogP contribution is -2.41. The Morgan fingerprint density at radius 3 is 3.00 bits per heavy atom. The van der Waals surface area contributed by atoms with Gasteiger partial charge in [-0.2, -0.15) is 0 Å². The number of carbonyl (C=O) groups is 1. The molecule has 1 heterocycles. The number of fused-ring (bicyclic) bond motifs is 3. The Balaban J connectivity index is 2.21. The van der Waals surface area contributed by atoms with Crippen molar-refractivity contribution in [2.45, 2.75) is 37.7 Å². The third-order valence-electron chi connectivity index (χ3n) is 4.75. The lowest BCUT2D eigenvalue weighted by atomic mass is 9.68. The van der Waals surface area contributed by atoms with Crippen LogP contribution in [0.4, 0.5) is 0 Å². The number of aryl methyl sites for hydroxylation is 1. The maximum absolute atomic E-state index is 11.8. The van der Waals surface area contributed by atoms with Gasteiger partial charge in [-0.25, -0.2) is 0 Å². The standard InChI is InChI=1S/C18H21NO3/c1-4-12-5-6-14(21-3)17-16(12)18(9-10-19-2)8-7-13(20)11-15(18)22-17/h5-8,15H,2,4,9-11H2,1,3H3. The van der Waals surface area contributed by atoms with Crippen LogP contribution in [0.15, 0.2) is 29.3 Å². The smallest absolute Gasteiger partial charge is 0.166 e. The normalized spacial score (nSPS) is 25.4. The van der Waals surface area contributed by atoms with Crippen LogP contribution in [0.3, 0.4) is 0 Å². The summed E-state index contributed by atoms with van der Waals surface area (Å²) in [6, 6.07) is 4.04. The summed E-state index contributed by atoms with van der Waals surface area (Å²) in [5, 5.41) is 0. The van der Waals surface area contributed by atoms with E-state index in [1.54, 1.807) is 13.2 Å². The van der Waals surface area contributed by atoms with Crippen LogP contribution in [0.5, 0.6) is 11.5 Å². The molecule has 0 fully saturated rings. The Kier molecular flexibility index (Phi) is 3.77. The maximum atomic E-state index is 11.8. The third kappa shape index (κ3) is 2.05. The molecule has 0 amide bonds. The van der Waals surface area contributed by atoms with Crippen LogP contribution in [0.1, 0.15) is 30.9 Å². The van der Waals surface area contributed by atoms with Crippen molar-refractivity contribution in [1.29, 1.82) is 0 Å². The van der Waals surface area contributed by atoms with Gasteiger partial charge in [-0.1, -0.05) is 19.1 Å². The zero-order valence-electron chi connectivity index (χ0n) is 13.1. The number of hydrogen-bond donors (Lipinski definition) is 0. The van der Waals surface area contributed by atoms with Gasteiger partial charge in [0.2, 0.25) is 0 Å². The minimum absolute atomic E-state index is 0.108. The topological polar surface area (TPSA) is 47.9 Å². The fourth-order valence-corrected chi connectivity index (χ4v) is 3.64. The molecule has 0 saturated heterocycles. The summed E-state index contributed by atoms with van der Waals surface area (Å²) in [6.07, 6.45) is 5.62. The maximum Gasteiger partial charge on any atom is 0.166 e. The highest BCUT2D eigenvalue weighted by Crippen LogP contribution is 2.54. The Morgan fingerprint density at radius 1 is 1.50 bits per heavy atom. The number of hydrogen-bond acceptors (Lipinski definition) is 4. The summed E-state index contributed by atoms with van der Waals surface area (Å²) in [7, 11) is 1.64. The molecule has 22 heavy (non-hydrogen) atoms. The number of aliphatic imine (C=N–C) groups is 1. The Bertz CT molecular complexity index is 650. The zero-order chi connectivity index (χ0) is 15.7. The van der Waals surface area contributed by atoms with E-state index in [9.17, 15) is 4.79 Å². The quantitative estimate of drug-likeness (QED) is 0.785. The summed E-state index contributed by atoms with van der Waals surface area (Å²) in [5.41, 5.74) is 2.10. The van der Waals surface area contributed by atoms with Crippen molar-refractivity contribution in [3.63, 3.8) is 0 Å². The molecule has 2 aliphatic rings. The largest absolute Gasteiger partial charge is 0.493 e. The highest BCUT2D eigenvalue weighted by atomic mass is 16.5. The van der Waals surface area contributed by atoms with Crippen molar-refractivity contribution >= 4 is 12.5 Å². The molecule has 3 rings (SSSR count). The number of benzene rings is 1. The predicted molar refractivity (Wildman–Crippen MR) is 86.3 cm³/mol. The molecule has 2 atom stereocenters. The molecule has 4 nitrogen and oxygen atoms in total. The lowest BCUT2D eigenvalue weighted by Gasteiger charge is -2.34. The Labute approximate surface area is 130 Å². The number of ether oxygens (including phenoxy) is 2. The molecule has 4 heteroatoms. The van der Waals surface area contributed by atoms with Gasteiger partial charge in [-0.3, -0.25) is 4.79 Å². The SMILES string of the molecule is C=NCCC12C=CC(=O)CC1Oc1c(OC)ccc(CC)c12. The molecule has 1 aromatic rings. The highest BCUT2D eigenvalue weighted by molar-refractivity contribution is 5.92. The van der Waals surface area contributed by atoms with Crippen molar-refractivity contribution in [2.75, 3.05) is 13.7 Å². The van der Waals surface area contributed by atoms with Crippen molar-refractivity contribution in [3.05, 3.63) is 35.4 Å². The molecule has 1 aliphatic heterocycles. The molecular formula is C18H21NO3. The monoisotopic (exact) mass is 299 g/mol. The molecule has 0 aromatic heterocycles. The molecular weight excluding hydrogens is 278 g/mol. The second-order valence-corrected chi connectivity index (χ2v) is 5.83. The van der Waals surface area contributed by atoms with Gasteiger partial charge in [0.1, 0.15) is 6.10 Å². The van der Waals surface area contributed by atoms with E-state index in [0.29, 0.717) is 13.0 Å². The van der Waals surface area contributed by atoms with E-state index < -0.39 is 0 Å². The Hall–Kier alpha value is -2.10. The van der Waals surface area contributed by atoms with E-state index in [0.717, 1.165) is 29.9 Å². The van der Waals surface area contributed by atoms with Crippen LogP contribution in [0.25, 0.3) is 0 Å². The minimum atomic E-state index is -0.301. The fraction of sp³-hybridized carbons (Fsp3) is 0.444. The van der Waals surface area contributed by atoms with E-state index in [1.807, 2.05) is 12.1 Å². The average molecular weight is 299 g/mol. The van der Waals surface area contributed by atoms with Gasteiger partial charge >= 0.3 is 0 Å². The third-order valence-corrected chi connectivity index (χ3v) is 4.75. The number of allylic oxidation sites excluding steroid dienone is 1.